The zero-order chi connectivity index (χ0) is 14.5. The summed E-state index contributed by atoms with van der Waals surface area (Å²) in [5, 5.41) is 3.45. The Balaban J connectivity index is 0.00000176. The van der Waals surface area contributed by atoms with Crippen LogP contribution in [-0.4, -0.2) is 38.8 Å². The van der Waals surface area contributed by atoms with Gasteiger partial charge in [0.05, 0.1) is 0 Å². The van der Waals surface area contributed by atoms with Gasteiger partial charge in [0.25, 0.3) is 0 Å². The molecule has 22 heavy (non-hydrogen) atoms. The second-order valence-corrected chi connectivity index (χ2v) is 5.78. The molecule has 0 bridgehead atoms. The molecule has 0 spiro atoms. The summed E-state index contributed by atoms with van der Waals surface area (Å²) >= 11 is 0. The standard InChI is InChI=1S/C17H25N3O.HI/c1-2-18-17(19-13-14-8-11-21-12-9-14)20-10-7-15-5-3-4-6-16(15)20;/h3-6,14H,2,7-13H2,1H3,(H,18,19);1H. The molecule has 1 aromatic rings. The Morgan fingerprint density at radius 2 is 2.09 bits per heavy atom. The Kier molecular flexibility index (Phi) is 6.95. The van der Waals surface area contributed by atoms with Crippen LogP contribution in [0.5, 0.6) is 0 Å². The normalized spacial score (nSPS) is 18.8. The number of ether oxygens (including phenoxy) is 1. The summed E-state index contributed by atoms with van der Waals surface area (Å²) in [5.74, 6) is 1.71. The second kappa shape index (κ2) is 8.72. The van der Waals surface area contributed by atoms with E-state index in [1.807, 2.05) is 0 Å². The van der Waals surface area contributed by atoms with E-state index in [1.54, 1.807) is 0 Å². The molecular weight excluding hydrogens is 389 g/mol. The first kappa shape index (κ1) is 17.5. The van der Waals surface area contributed by atoms with Crippen LogP contribution in [0.3, 0.4) is 0 Å². The minimum Gasteiger partial charge on any atom is -0.381 e. The molecule has 2 aliphatic heterocycles. The lowest BCUT2D eigenvalue weighted by atomic mass is 10.0. The monoisotopic (exact) mass is 415 g/mol. The lowest BCUT2D eigenvalue weighted by Crippen LogP contribution is -2.41. The Labute approximate surface area is 150 Å². The van der Waals surface area contributed by atoms with E-state index in [4.69, 9.17) is 9.73 Å². The van der Waals surface area contributed by atoms with E-state index in [2.05, 4.69) is 41.4 Å². The fourth-order valence-corrected chi connectivity index (χ4v) is 3.10. The van der Waals surface area contributed by atoms with Gasteiger partial charge in [-0.15, -0.1) is 24.0 Å². The third-order valence-electron chi connectivity index (χ3n) is 4.32. The van der Waals surface area contributed by atoms with Crippen molar-refractivity contribution < 1.29 is 4.74 Å². The molecule has 5 heteroatoms. The number of anilines is 1. The minimum atomic E-state index is 0. The lowest BCUT2D eigenvalue weighted by Gasteiger charge is -2.24. The van der Waals surface area contributed by atoms with Crippen molar-refractivity contribution in [3.05, 3.63) is 29.8 Å². The Bertz CT molecular complexity index is 500. The number of nitrogens with zero attached hydrogens (tertiary/aromatic N) is 2. The van der Waals surface area contributed by atoms with Crippen molar-refractivity contribution in [1.82, 2.24) is 5.32 Å². The van der Waals surface area contributed by atoms with Gasteiger partial charge in [-0.3, -0.25) is 4.99 Å². The third-order valence-corrected chi connectivity index (χ3v) is 4.32. The van der Waals surface area contributed by atoms with E-state index in [0.29, 0.717) is 5.92 Å². The van der Waals surface area contributed by atoms with Gasteiger partial charge in [-0.05, 0) is 43.7 Å². The van der Waals surface area contributed by atoms with E-state index >= 15 is 0 Å². The lowest BCUT2D eigenvalue weighted by molar-refractivity contribution is 0.0689. The van der Waals surface area contributed by atoms with Gasteiger partial charge < -0.3 is 15.0 Å². The van der Waals surface area contributed by atoms with E-state index in [-0.39, 0.29) is 24.0 Å². The molecule has 1 N–H and O–H groups in total. The van der Waals surface area contributed by atoms with Crippen molar-refractivity contribution in [2.75, 3.05) is 37.7 Å². The fraction of sp³-hybridized carbons (Fsp3) is 0.588. The predicted molar refractivity (Wildman–Crippen MR) is 102 cm³/mol. The van der Waals surface area contributed by atoms with Crippen molar-refractivity contribution in [3.63, 3.8) is 0 Å². The number of halogens is 1. The summed E-state index contributed by atoms with van der Waals surface area (Å²) in [6.07, 6.45) is 3.39. The first-order valence-corrected chi connectivity index (χ1v) is 8.10. The van der Waals surface area contributed by atoms with Gasteiger partial charge in [0.15, 0.2) is 5.96 Å². The maximum atomic E-state index is 5.43. The highest BCUT2D eigenvalue weighted by atomic mass is 127. The third kappa shape index (κ3) is 4.13. The molecular formula is C17H26IN3O. The summed E-state index contributed by atoms with van der Waals surface area (Å²) in [6, 6.07) is 8.65. The maximum Gasteiger partial charge on any atom is 0.198 e. The van der Waals surface area contributed by atoms with Crippen LogP contribution in [0.25, 0.3) is 0 Å². The quantitative estimate of drug-likeness (QED) is 0.469. The van der Waals surface area contributed by atoms with Crippen LogP contribution in [0.2, 0.25) is 0 Å². The highest BCUT2D eigenvalue weighted by Gasteiger charge is 2.23. The number of rotatable bonds is 3. The largest absolute Gasteiger partial charge is 0.381 e. The van der Waals surface area contributed by atoms with Crippen molar-refractivity contribution in [1.29, 1.82) is 0 Å². The molecule has 0 saturated carbocycles. The van der Waals surface area contributed by atoms with E-state index < -0.39 is 0 Å². The first-order valence-electron chi connectivity index (χ1n) is 8.10. The smallest absolute Gasteiger partial charge is 0.198 e. The highest BCUT2D eigenvalue weighted by Crippen LogP contribution is 2.27. The van der Waals surface area contributed by atoms with Crippen LogP contribution >= 0.6 is 24.0 Å². The Morgan fingerprint density at radius 1 is 1.32 bits per heavy atom. The summed E-state index contributed by atoms with van der Waals surface area (Å²) in [6.45, 7) is 6.76. The van der Waals surface area contributed by atoms with Gasteiger partial charge in [-0.1, -0.05) is 18.2 Å². The molecule has 1 saturated heterocycles. The molecule has 3 rings (SSSR count). The van der Waals surface area contributed by atoms with Gasteiger partial charge in [-0.2, -0.15) is 0 Å². The SMILES string of the molecule is CCNC(=NCC1CCOCC1)N1CCc2ccccc21.I. The van der Waals surface area contributed by atoms with Gasteiger partial charge >= 0.3 is 0 Å². The van der Waals surface area contributed by atoms with E-state index in [0.717, 1.165) is 58.1 Å². The van der Waals surface area contributed by atoms with Crippen LogP contribution in [0.1, 0.15) is 25.3 Å². The highest BCUT2D eigenvalue weighted by molar-refractivity contribution is 14.0. The average Bonchev–Trinajstić information content (AvgIpc) is 2.96. The molecule has 0 atom stereocenters. The number of para-hydroxylation sites is 1. The number of hydrogen-bond acceptors (Lipinski definition) is 2. The summed E-state index contributed by atoms with van der Waals surface area (Å²) in [5.41, 5.74) is 2.73. The number of nitrogens with one attached hydrogen (secondary N) is 1. The molecule has 1 fully saturated rings. The summed E-state index contributed by atoms with van der Waals surface area (Å²) in [7, 11) is 0. The van der Waals surface area contributed by atoms with Crippen LogP contribution in [-0.2, 0) is 11.2 Å². The molecule has 0 aromatic heterocycles. The van der Waals surface area contributed by atoms with Crippen LogP contribution in [0.4, 0.5) is 5.69 Å². The van der Waals surface area contributed by atoms with Crippen molar-refractivity contribution in [2.24, 2.45) is 10.9 Å². The number of hydrogen-bond donors (Lipinski definition) is 1. The van der Waals surface area contributed by atoms with Gasteiger partial charge in [0, 0.05) is 38.5 Å². The average molecular weight is 415 g/mol. The summed E-state index contributed by atoms with van der Waals surface area (Å²) < 4.78 is 5.43. The zero-order valence-corrected chi connectivity index (χ0v) is 15.6. The molecule has 1 aromatic carbocycles. The van der Waals surface area contributed by atoms with E-state index in [9.17, 15) is 0 Å². The molecule has 0 radical (unpaired) electrons. The number of guanidine groups is 1. The van der Waals surface area contributed by atoms with Gasteiger partial charge in [-0.25, -0.2) is 0 Å². The van der Waals surface area contributed by atoms with E-state index in [1.165, 1.54) is 11.3 Å². The topological polar surface area (TPSA) is 36.9 Å². The molecule has 2 aliphatic rings. The molecule has 122 valence electrons. The van der Waals surface area contributed by atoms with Crippen molar-refractivity contribution in [3.8, 4) is 0 Å². The zero-order valence-electron chi connectivity index (χ0n) is 13.3. The number of fused-ring (bicyclic) bond motifs is 1. The fourth-order valence-electron chi connectivity index (χ4n) is 3.10. The van der Waals surface area contributed by atoms with Gasteiger partial charge in [0.1, 0.15) is 0 Å². The van der Waals surface area contributed by atoms with Crippen molar-refractivity contribution >= 4 is 35.6 Å². The van der Waals surface area contributed by atoms with Crippen molar-refractivity contribution in [2.45, 2.75) is 26.2 Å². The second-order valence-electron chi connectivity index (χ2n) is 5.78. The molecule has 0 amide bonds. The van der Waals surface area contributed by atoms with Crippen LogP contribution in [0.15, 0.2) is 29.3 Å². The van der Waals surface area contributed by atoms with Gasteiger partial charge in [0.2, 0.25) is 0 Å². The predicted octanol–water partition coefficient (Wildman–Crippen LogP) is 3.06. The molecule has 4 nitrogen and oxygen atoms in total. The molecule has 0 aliphatic carbocycles. The maximum absolute atomic E-state index is 5.43. The Hall–Kier alpha value is -0.820. The summed E-state index contributed by atoms with van der Waals surface area (Å²) in [4.78, 5) is 7.23. The minimum absolute atomic E-state index is 0. The number of aliphatic imine (C=N–C) groups is 1. The van der Waals surface area contributed by atoms with Crippen LogP contribution in [0, 0.1) is 5.92 Å². The molecule has 2 heterocycles. The molecule has 0 unspecified atom stereocenters. The Morgan fingerprint density at radius 3 is 2.86 bits per heavy atom. The van der Waals surface area contributed by atoms with Crippen LogP contribution < -0.4 is 10.2 Å². The number of benzene rings is 1. The first-order chi connectivity index (χ1) is 10.4.